The number of hydrogen-bond donors (Lipinski definition) is 0. The van der Waals surface area contributed by atoms with E-state index in [1.807, 2.05) is 24.5 Å². The van der Waals surface area contributed by atoms with Crippen LogP contribution in [0.5, 0.6) is 0 Å². The first-order valence-corrected chi connectivity index (χ1v) is 10.5. The molecule has 0 radical (unpaired) electrons. The SMILES string of the molecule is CC1C[C@@H]2[C@H](CC[C@]3(C)C(c4cccnc4)=CC[C@@H]23)[C@@]2(C)C=CC(=O)C=C12. The van der Waals surface area contributed by atoms with Gasteiger partial charge in [0.15, 0.2) is 5.78 Å². The Morgan fingerprint density at radius 2 is 2.07 bits per heavy atom. The predicted molar refractivity (Wildman–Crippen MR) is 109 cm³/mol. The van der Waals surface area contributed by atoms with E-state index in [9.17, 15) is 4.79 Å². The van der Waals surface area contributed by atoms with Gasteiger partial charge in [0.25, 0.3) is 0 Å². The van der Waals surface area contributed by atoms with E-state index in [4.69, 9.17) is 0 Å². The number of nitrogens with zero attached hydrogens (tertiary/aromatic N) is 1. The molecule has 1 heterocycles. The number of rotatable bonds is 1. The molecular weight excluding hydrogens is 330 g/mol. The van der Waals surface area contributed by atoms with Gasteiger partial charge in [0.1, 0.15) is 0 Å². The third-order valence-electron chi connectivity index (χ3n) is 8.43. The summed E-state index contributed by atoms with van der Waals surface area (Å²) in [4.78, 5) is 16.4. The summed E-state index contributed by atoms with van der Waals surface area (Å²) in [5, 5.41) is 0. The summed E-state index contributed by atoms with van der Waals surface area (Å²) in [6.07, 6.45) is 17.3. The van der Waals surface area contributed by atoms with Crippen LogP contribution in [0.3, 0.4) is 0 Å². The van der Waals surface area contributed by atoms with Gasteiger partial charge in [0, 0.05) is 17.8 Å². The van der Waals surface area contributed by atoms with Gasteiger partial charge >= 0.3 is 0 Å². The standard InChI is InChI=1S/C25H29NO/c1-16-13-19-21-7-6-20(17-5-4-12-26-15-17)24(21,2)11-9-22(19)25(3)10-8-18(27)14-23(16)25/h4-6,8,10,12,14-16,19,21-22H,7,9,11,13H2,1-3H3/t16?,19-,21-,22-,24+,25+/m0/s1. The molecule has 0 aromatic carbocycles. The van der Waals surface area contributed by atoms with E-state index in [0.29, 0.717) is 17.8 Å². The van der Waals surface area contributed by atoms with Gasteiger partial charge in [-0.05, 0) is 84.1 Å². The van der Waals surface area contributed by atoms with E-state index in [-0.39, 0.29) is 16.6 Å². The topological polar surface area (TPSA) is 30.0 Å². The molecule has 0 spiro atoms. The summed E-state index contributed by atoms with van der Waals surface area (Å²) in [7, 11) is 0. The average molecular weight is 360 g/mol. The number of hydrogen-bond acceptors (Lipinski definition) is 2. The highest BCUT2D eigenvalue weighted by molar-refractivity contribution is 6.01. The Bertz CT molecular complexity index is 879. The van der Waals surface area contributed by atoms with E-state index in [1.54, 1.807) is 0 Å². The molecule has 2 nitrogen and oxygen atoms in total. The summed E-state index contributed by atoms with van der Waals surface area (Å²) in [5.41, 5.74) is 4.54. The first-order valence-electron chi connectivity index (χ1n) is 10.5. The van der Waals surface area contributed by atoms with Crippen LogP contribution >= 0.6 is 0 Å². The lowest BCUT2D eigenvalue weighted by atomic mass is 9.46. The third kappa shape index (κ3) is 2.31. The fraction of sp³-hybridized carbons (Fsp3) is 0.520. The number of fused-ring (bicyclic) bond motifs is 5. The van der Waals surface area contributed by atoms with Crippen LogP contribution in [0.2, 0.25) is 0 Å². The number of ketones is 1. The van der Waals surface area contributed by atoms with Crippen LogP contribution in [-0.2, 0) is 4.79 Å². The highest BCUT2D eigenvalue weighted by Gasteiger charge is 2.57. The van der Waals surface area contributed by atoms with Crippen molar-refractivity contribution in [3.8, 4) is 0 Å². The molecular formula is C25H29NO. The van der Waals surface area contributed by atoms with Gasteiger partial charge < -0.3 is 0 Å². The molecule has 5 rings (SSSR count). The second-order valence-corrected chi connectivity index (χ2v) is 9.68. The molecule has 4 aliphatic rings. The van der Waals surface area contributed by atoms with E-state index >= 15 is 0 Å². The fourth-order valence-corrected chi connectivity index (χ4v) is 7.15. The minimum Gasteiger partial charge on any atom is -0.290 e. The van der Waals surface area contributed by atoms with E-state index < -0.39 is 0 Å². The highest BCUT2D eigenvalue weighted by Crippen LogP contribution is 2.66. The van der Waals surface area contributed by atoms with Gasteiger partial charge in [-0.2, -0.15) is 0 Å². The molecule has 27 heavy (non-hydrogen) atoms. The lowest BCUT2D eigenvalue weighted by molar-refractivity contribution is -0.111. The molecule has 0 bridgehead atoms. The van der Waals surface area contributed by atoms with Crippen molar-refractivity contribution in [3.05, 3.63) is 60.0 Å². The van der Waals surface area contributed by atoms with Crippen molar-refractivity contribution in [1.29, 1.82) is 0 Å². The maximum Gasteiger partial charge on any atom is 0.178 e. The lowest BCUT2D eigenvalue weighted by Gasteiger charge is -2.58. The largest absolute Gasteiger partial charge is 0.290 e. The van der Waals surface area contributed by atoms with Crippen molar-refractivity contribution in [1.82, 2.24) is 4.98 Å². The molecule has 4 aliphatic carbocycles. The Labute approximate surface area is 162 Å². The van der Waals surface area contributed by atoms with Crippen LogP contribution in [0.15, 0.2) is 54.4 Å². The van der Waals surface area contributed by atoms with Crippen molar-refractivity contribution >= 4 is 11.4 Å². The molecule has 0 aliphatic heterocycles. The second-order valence-electron chi connectivity index (χ2n) is 9.68. The van der Waals surface area contributed by atoms with E-state index in [2.05, 4.69) is 50.0 Å². The zero-order valence-corrected chi connectivity index (χ0v) is 16.6. The molecule has 1 aromatic heterocycles. The van der Waals surface area contributed by atoms with Crippen LogP contribution in [-0.4, -0.2) is 10.8 Å². The first-order chi connectivity index (χ1) is 12.9. The van der Waals surface area contributed by atoms with Gasteiger partial charge in [0.2, 0.25) is 0 Å². The predicted octanol–water partition coefficient (Wildman–Crippen LogP) is 5.63. The minimum atomic E-state index is 0.0641. The van der Waals surface area contributed by atoms with Crippen LogP contribution in [0.1, 0.15) is 52.0 Å². The Balaban J connectivity index is 1.52. The van der Waals surface area contributed by atoms with Gasteiger partial charge in [-0.25, -0.2) is 0 Å². The fourth-order valence-electron chi connectivity index (χ4n) is 7.15. The number of carbonyl (C=O) groups excluding carboxylic acids is 1. The van der Waals surface area contributed by atoms with Crippen molar-refractivity contribution in [3.63, 3.8) is 0 Å². The maximum atomic E-state index is 12.0. The van der Waals surface area contributed by atoms with E-state index in [0.717, 1.165) is 5.92 Å². The number of aromatic nitrogens is 1. The molecule has 2 heteroatoms. The molecule has 2 fully saturated rings. The van der Waals surface area contributed by atoms with E-state index in [1.165, 1.54) is 42.4 Å². The molecule has 1 unspecified atom stereocenters. The quantitative estimate of drug-likeness (QED) is 0.650. The highest BCUT2D eigenvalue weighted by atomic mass is 16.1. The van der Waals surface area contributed by atoms with Crippen molar-refractivity contribution < 1.29 is 4.79 Å². The summed E-state index contributed by atoms with van der Waals surface area (Å²) in [6, 6.07) is 4.28. The van der Waals surface area contributed by atoms with Crippen LogP contribution in [0, 0.1) is 34.5 Å². The molecule has 0 saturated heterocycles. The molecule has 6 atom stereocenters. The Morgan fingerprint density at radius 1 is 1.22 bits per heavy atom. The zero-order chi connectivity index (χ0) is 18.8. The third-order valence-corrected chi connectivity index (χ3v) is 8.43. The lowest BCUT2D eigenvalue weighted by Crippen LogP contribution is -2.50. The number of pyridine rings is 1. The van der Waals surface area contributed by atoms with Crippen molar-refractivity contribution in [2.45, 2.75) is 46.5 Å². The Hall–Kier alpha value is -1.96. The summed E-state index contributed by atoms with van der Waals surface area (Å²) < 4.78 is 0. The maximum absolute atomic E-state index is 12.0. The monoisotopic (exact) mass is 359 g/mol. The minimum absolute atomic E-state index is 0.0641. The number of allylic oxidation sites excluding steroid dienone is 6. The summed E-state index contributed by atoms with van der Waals surface area (Å²) in [6.45, 7) is 7.23. The molecule has 0 N–H and O–H groups in total. The summed E-state index contributed by atoms with van der Waals surface area (Å²) in [5.74, 6) is 2.76. The van der Waals surface area contributed by atoms with Crippen LogP contribution < -0.4 is 0 Å². The second kappa shape index (κ2) is 5.77. The molecule has 140 valence electrons. The zero-order valence-electron chi connectivity index (χ0n) is 16.6. The Kier molecular flexibility index (Phi) is 3.67. The number of carbonyl (C=O) groups is 1. The van der Waals surface area contributed by atoms with Crippen LogP contribution in [0.4, 0.5) is 0 Å². The Morgan fingerprint density at radius 3 is 2.85 bits per heavy atom. The van der Waals surface area contributed by atoms with Gasteiger partial charge in [0.05, 0.1) is 0 Å². The molecule has 2 saturated carbocycles. The van der Waals surface area contributed by atoms with Gasteiger partial charge in [-0.15, -0.1) is 0 Å². The summed E-state index contributed by atoms with van der Waals surface area (Å²) >= 11 is 0. The van der Waals surface area contributed by atoms with Gasteiger partial charge in [-0.1, -0.05) is 44.6 Å². The van der Waals surface area contributed by atoms with Crippen molar-refractivity contribution in [2.24, 2.45) is 34.5 Å². The average Bonchev–Trinajstić information content (AvgIpc) is 3.01. The first kappa shape index (κ1) is 17.2. The molecule has 1 aromatic rings. The van der Waals surface area contributed by atoms with Crippen LogP contribution in [0.25, 0.3) is 5.57 Å². The normalized spacial score (nSPS) is 42.7. The molecule has 0 amide bonds. The smallest absolute Gasteiger partial charge is 0.178 e. The van der Waals surface area contributed by atoms with Crippen molar-refractivity contribution in [2.75, 3.05) is 0 Å². The van der Waals surface area contributed by atoms with Gasteiger partial charge in [-0.3, -0.25) is 9.78 Å².